The summed E-state index contributed by atoms with van der Waals surface area (Å²) < 4.78 is 4.96. The molecule has 4 nitrogen and oxygen atoms in total. The lowest BCUT2D eigenvalue weighted by Crippen LogP contribution is -2.36. The van der Waals surface area contributed by atoms with E-state index in [4.69, 9.17) is 10.5 Å². The summed E-state index contributed by atoms with van der Waals surface area (Å²) in [4.78, 5) is 12.0. The van der Waals surface area contributed by atoms with E-state index in [-0.39, 0.29) is 30.3 Å². The largest absolute Gasteiger partial charge is 0.385 e. The van der Waals surface area contributed by atoms with Crippen molar-refractivity contribution in [3.8, 4) is 0 Å². The zero-order valence-electron chi connectivity index (χ0n) is 12.2. The van der Waals surface area contributed by atoms with Gasteiger partial charge in [0.2, 0.25) is 5.91 Å². The summed E-state index contributed by atoms with van der Waals surface area (Å²) in [6.45, 7) is 3.27. The average molecular weight is 301 g/mol. The highest BCUT2D eigenvalue weighted by Crippen LogP contribution is 2.18. The molecule has 20 heavy (non-hydrogen) atoms. The van der Waals surface area contributed by atoms with Crippen molar-refractivity contribution in [2.24, 2.45) is 11.7 Å². The number of methoxy groups -OCH3 is 1. The van der Waals surface area contributed by atoms with Gasteiger partial charge in [0, 0.05) is 26.3 Å². The van der Waals surface area contributed by atoms with Gasteiger partial charge >= 0.3 is 0 Å². The first-order chi connectivity index (χ1) is 9.16. The minimum Gasteiger partial charge on any atom is -0.385 e. The molecule has 0 spiro atoms. The Morgan fingerprint density at radius 1 is 1.30 bits per heavy atom. The number of rotatable bonds is 8. The van der Waals surface area contributed by atoms with Crippen molar-refractivity contribution in [2.45, 2.75) is 25.8 Å². The van der Waals surface area contributed by atoms with Crippen molar-refractivity contribution in [3.05, 3.63) is 35.9 Å². The molecule has 1 rings (SSSR count). The molecule has 0 aliphatic carbocycles. The first-order valence-corrected chi connectivity index (χ1v) is 6.74. The van der Waals surface area contributed by atoms with Crippen molar-refractivity contribution in [1.29, 1.82) is 0 Å². The molecule has 5 heteroatoms. The van der Waals surface area contributed by atoms with E-state index in [1.165, 1.54) is 0 Å². The molecule has 0 heterocycles. The summed E-state index contributed by atoms with van der Waals surface area (Å²) in [5.74, 6) is -0.224. The predicted octanol–water partition coefficient (Wildman–Crippen LogP) is 2.29. The van der Waals surface area contributed by atoms with Crippen molar-refractivity contribution < 1.29 is 9.53 Å². The van der Waals surface area contributed by atoms with Crippen LogP contribution in [0, 0.1) is 5.92 Å². The zero-order valence-corrected chi connectivity index (χ0v) is 13.0. The maximum atomic E-state index is 12.0. The second-order valence-electron chi connectivity index (χ2n) is 4.72. The number of unbranched alkanes of at least 4 members (excludes halogenated alkanes) is 1. The summed E-state index contributed by atoms with van der Waals surface area (Å²) in [6, 6.07) is 9.45. The fraction of sp³-hybridized carbons (Fsp3) is 0.533. The second kappa shape index (κ2) is 10.7. The van der Waals surface area contributed by atoms with Crippen molar-refractivity contribution in [3.63, 3.8) is 0 Å². The molecule has 0 fully saturated rings. The molecule has 0 aliphatic rings. The average Bonchev–Trinajstić information content (AvgIpc) is 2.46. The van der Waals surface area contributed by atoms with Crippen LogP contribution in [0.25, 0.3) is 0 Å². The predicted molar refractivity (Wildman–Crippen MR) is 83.9 cm³/mol. The number of carbonyl (C=O) groups is 1. The number of amides is 1. The fourth-order valence-electron chi connectivity index (χ4n) is 1.87. The molecular weight excluding hydrogens is 276 g/mol. The minimum atomic E-state index is -0.264. The van der Waals surface area contributed by atoms with Crippen LogP contribution >= 0.6 is 12.4 Å². The summed E-state index contributed by atoms with van der Waals surface area (Å²) in [7, 11) is 1.68. The summed E-state index contributed by atoms with van der Waals surface area (Å²) in [5, 5.41) is 2.92. The molecule has 1 amide bonds. The summed E-state index contributed by atoms with van der Waals surface area (Å²) in [6.07, 6.45) is 1.88. The highest BCUT2D eigenvalue weighted by molar-refractivity contribution is 5.85. The van der Waals surface area contributed by atoms with E-state index < -0.39 is 0 Å². The highest BCUT2D eigenvalue weighted by Gasteiger charge is 2.21. The molecule has 1 aromatic rings. The van der Waals surface area contributed by atoms with Gasteiger partial charge in [0.15, 0.2) is 0 Å². The number of hydrogen-bond acceptors (Lipinski definition) is 3. The Kier molecular flexibility index (Phi) is 10.1. The van der Waals surface area contributed by atoms with Gasteiger partial charge in [0.05, 0.1) is 5.92 Å². The van der Waals surface area contributed by atoms with Crippen LogP contribution in [-0.2, 0) is 9.53 Å². The highest BCUT2D eigenvalue weighted by atomic mass is 35.5. The molecule has 0 saturated heterocycles. The third-order valence-electron chi connectivity index (χ3n) is 3.21. The Morgan fingerprint density at radius 3 is 2.55 bits per heavy atom. The van der Waals surface area contributed by atoms with Crippen LogP contribution in [0.15, 0.2) is 30.3 Å². The van der Waals surface area contributed by atoms with E-state index >= 15 is 0 Å². The number of nitrogens with two attached hydrogens (primary N) is 1. The molecule has 2 unspecified atom stereocenters. The van der Waals surface area contributed by atoms with E-state index in [0.717, 1.165) is 25.0 Å². The monoisotopic (exact) mass is 300 g/mol. The van der Waals surface area contributed by atoms with Crippen LogP contribution in [0.1, 0.15) is 31.4 Å². The SMILES string of the molecule is COCCCCNC(=O)C(C)C(N)c1ccccc1.Cl. The number of halogens is 1. The number of ether oxygens (including phenoxy) is 1. The topological polar surface area (TPSA) is 64.3 Å². The van der Waals surface area contributed by atoms with Gasteiger partial charge in [-0.2, -0.15) is 0 Å². The Hall–Kier alpha value is -1.10. The molecule has 1 aromatic carbocycles. The van der Waals surface area contributed by atoms with Gasteiger partial charge in [-0.1, -0.05) is 37.3 Å². The van der Waals surface area contributed by atoms with Gasteiger partial charge in [-0.25, -0.2) is 0 Å². The van der Waals surface area contributed by atoms with Crippen LogP contribution in [0.5, 0.6) is 0 Å². The van der Waals surface area contributed by atoms with Gasteiger partial charge in [-0.05, 0) is 18.4 Å². The first kappa shape index (κ1) is 18.9. The van der Waals surface area contributed by atoms with E-state index in [1.807, 2.05) is 37.3 Å². The standard InChI is InChI=1S/C15H24N2O2.ClH/c1-12(14(16)13-8-4-3-5-9-13)15(18)17-10-6-7-11-19-2;/h3-5,8-9,12,14H,6-7,10-11,16H2,1-2H3,(H,17,18);1H. The number of benzene rings is 1. The van der Waals surface area contributed by atoms with E-state index in [0.29, 0.717) is 6.54 Å². The maximum Gasteiger partial charge on any atom is 0.224 e. The van der Waals surface area contributed by atoms with Gasteiger partial charge in [0.25, 0.3) is 0 Å². The van der Waals surface area contributed by atoms with Gasteiger partial charge < -0.3 is 15.8 Å². The molecular formula is C15H25ClN2O2. The zero-order chi connectivity index (χ0) is 14.1. The smallest absolute Gasteiger partial charge is 0.224 e. The minimum absolute atomic E-state index is 0. The van der Waals surface area contributed by atoms with Gasteiger partial charge in [-0.15, -0.1) is 12.4 Å². The lowest BCUT2D eigenvalue weighted by molar-refractivity contribution is -0.125. The Balaban J connectivity index is 0.00000361. The molecule has 0 radical (unpaired) electrons. The lowest BCUT2D eigenvalue weighted by atomic mass is 9.94. The van der Waals surface area contributed by atoms with Crippen molar-refractivity contribution >= 4 is 18.3 Å². The maximum absolute atomic E-state index is 12.0. The summed E-state index contributed by atoms with van der Waals surface area (Å²) in [5.41, 5.74) is 7.10. The molecule has 3 N–H and O–H groups in total. The van der Waals surface area contributed by atoms with Gasteiger partial charge in [0.1, 0.15) is 0 Å². The molecule has 0 aromatic heterocycles. The van der Waals surface area contributed by atoms with Crippen LogP contribution in [0.3, 0.4) is 0 Å². The third kappa shape index (κ3) is 6.37. The number of hydrogen-bond donors (Lipinski definition) is 2. The van der Waals surface area contributed by atoms with Crippen LogP contribution in [-0.4, -0.2) is 26.2 Å². The Bertz CT molecular complexity index is 373. The van der Waals surface area contributed by atoms with E-state index in [9.17, 15) is 4.79 Å². The summed E-state index contributed by atoms with van der Waals surface area (Å²) >= 11 is 0. The lowest BCUT2D eigenvalue weighted by Gasteiger charge is -2.19. The Labute approximate surface area is 127 Å². The van der Waals surface area contributed by atoms with Crippen LogP contribution < -0.4 is 11.1 Å². The third-order valence-corrected chi connectivity index (χ3v) is 3.21. The second-order valence-corrected chi connectivity index (χ2v) is 4.72. The van der Waals surface area contributed by atoms with Crippen molar-refractivity contribution in [1.82, 2.24) is 5.32 Å². The number of carbonyl (C=O) groups excluding carboxylic acids is 1. The van der Waals surface area contributed by atoms with Crippen molar-refractivity contribution in [2.75, 3.05) is 20.3 Å². The molecule has 0 bridgehead atoms. The molecule has 2 atom stereocenters. The normalized spacial score (nSPS) is 13.2. The Morgan fingerprint density at radius 2 is 1.95 bits per heavy atom. The quantitative estimate of drug-likeness (QED) is 0.724. The first-order valence-electron chi connectivity index (χ1n) is 6.74. The molecule has 0 aliphatic heterocycles. The van der Waals surface area contributed by atoms with Crippen LogP contribution in [0.2, 0.25) is 0 Å². The van der Waals surface area contributed by atoms with E-state index in [2.05, 4.69) is 5.32 Å². The number of nitrogens with one attached hydrogen (secondary N) is 1. The molecule has 114 valence electrons. The van der Waals surface area contributed by atoms with E-state index in [1.54, 1.807) is 7.11 Å². The van der Waals surface area contributed by atoms with Gasteiger partial charge in [-0.3, -0.25) is 4.79 Å². The van der Waals surface area contributed by atoms with Crippen LogP contribution in [0.4, 0.5) is 0 Å². The fourth-order valence-corrected chi connectivity index (χ4v) is 1.87. The molecule has 0 saturated carbocycles.